The molecule has 1 aromatic carbocycles. The van der Waals surface area contributed by atoms with Crippen molar-refractivity contribution in [3.63, 3.8) is 0 Å². The van der Waals surface area contributed by atoms with Gasteiger partial charge in [-0.15, -0.1) is 0 Å². The minimum Gasteiger partial charge on any atom is -0.453 e. The van der Waals surface area contributed by atoms with Crippen molar-refractivity contribution in [3.05, 3.63) is 59.5 Å². The largest absolute Gasteiger partial charge is 0.453 e. The standard InChI is InChI=1S/C18H19N3O2/c1-20-10-5-8-15(20)17-16-13(9-11-21(17)18(22)23-2)12-6-3-4-7-14(12)19-16/h3-8,10,17,19H,9,11H2,1-2H3. The normalized spacial score (nSPS) is 17.3. The molecule has 2 aromatic heterocycles. The second-order valence-corrected chi connectivity index (χ2v) is 5.92. The molecule has 5 nitrogen and oxygen atoms in total. The molecule has 0 fully saturated rings. The van der Waals surface area contributed by atoms with Crippen molar-refractivity contribution < 1.29 is 9.53 Å². The van der Waals surface area contributed by atoms with Crippen LogP contribution in [-0.4, -0.2) is 34.2 Å². The predicted molar refractivity (Wildman–Crippen MR) is 88.4 cm³/mol. The number of H-pyrrole nitrogens is 1. The molecule has 3 aromatic rings. The third kappa shape index (κ3) is 2.04. The fourth-order valence-corrected chi connectivity index (χ4v) is 3.62. The number of rotatable bonds is 1. The number of hydrogen-bond donors (Lipinski definition) is 1. The highest BCUT2D eigenvalue weighted by molar-refractivity contribution is 5.86. The number of nitrogens with one attached hydrogen (secondary N) is 1. The first-order valence-electron chi connectivity index (χ1n) is 7.76. The topological polar surface area (TPSA) is 50.3 Å². The molecule has 1 aliphatic rings. The summed E-state index contributed by atoms with van der Waals surface area (Å²) in [7, 11) is 3.44. The zero-order chi connectivity index (χ0) is 16.0. The molecule has 0 bridgehead atoms. The Morgan fingerprint density at radius 3 is 2.83 bits per heavy atom. The fourth-order valence-electron chi connectivity index (χ4n) is 3.62. The molecular weight excluding hydrogens is 290 g/mol. The van der Waals surface area contributed by atoms with Crippen LogP contribution in [0.25, 0.3) is 10.9 Å². The summed E-state index contributed by atoms with van der Waals surface area (Å²) >= 11 is 0. The summed E-state index contributed by atoms with van der Waals surface area (Å²) in [5, 5.41) is 1.24. The van der Waals surface area contributed by atoms with E-state index in [1.54, 1.807) is 4.90 Å². The van der Waals surface area contributed by atoms with Crippen molar-refractivity contribution in [2.75, 3.05) is 13.7 Å². The van der Waals surface area contributed by atoms with Crippen LogP contribution in [0.4, 0.5) is 4.79 Å². The molecule has 5 heteroatoms. The Morgan fingerprint density at radius 1 is 1.26 bits per heavy atom. The Kier molecular flexibility index (Phi) is 3.15. The molecule has 1 aliphatic heterocycles. The molecule has 0 radical (unpaired) electrons. The van der Waals surface area contributed by atoms with Crippen LogP contribution in [0, 0.1) is 0 Å². The molecule has 0 saturated carbocycles. The number of aryl methyl sites for hydroxylation is 1. The molecular formula is C18H19N3O2. The van der Waals surface area contributed by atoms with Gasteiger partial charge in [0.05, 0.1) is 7.11 Å². The average molecular weight is 309 g/mol. The van der Waals surface area contributed by atoms with Crippen molar-refractivity contribution >= 4 is 17.0 Å². The molecule has 1 amide bonds. The second kappa shape index (κ2) is 5.19. The Labute approximate surface area is 134 Å². The van der Waals surface area contributed by atoms with Crippen molar-refractivity contribution in [2.24, 2.45) is 7.05 Å². The van der Waals surface area contributed by atoms with Gasteiger partial charge >= 0.3 is 6.09 Å². The highest BCUT2D eigenvalue weighted by atomic mass is 16.5. The molecule has 3 heterocycles. The third-order valence-electron chi connectivity index (χ3n) is 4.71. The van der Waals surface area contributed by atoms with Crippen LogP contribution in [-0.2, 0) is 18.2 Å². The van der Waals surface area contributed by atoms with Crippen LogP contribution >= 0.6 is 0 Å². The van der Waals surface area contributed by atoms with Crippen molar-refractivity contribution in [1.82, 2.24) is 14.5 Å². The Hall–Kier alpha value is -2.69. The number of methoxy groups -OCH3 is 1. The van der Waals surface area contributed by atoms with Gasteiger partial charge in [-0.1, -0.05) is 18.2 Å². The molecule has 1 unspecified atom stereocenters. The first kappa shape index (κ1) is 13.9. The van der Waals surface area contributed by atoms with Crippen LogP contribution < -0.4 is 0 Å². The summed E-state index contributed by atoms with van der Waals surface area (Å²) in [5.41, 5.74) is 4.57. The lowest BCUT2D eigenvalue weighted by Gasteiger charge is -2.35. The van der Waals surface area contributed by atoms with E-state index in [1.807, 2.05) is 25.4 Å². The van der Waals surface area contributed by atoms with Crippen molar-refractivity contribution in [2.45, 2.75) is 12.5 Å². The first-order valence-corrected chi connectivity index (χ1v) is 7.76. The molecule has 0 spiro atoms. The zero-order valence-electron chi connectivity index (χ0n) is 13.2. The summed E-state index contributed by atoms with van der Waals surface area (Å²) in [4.78, 5) is 17.6. The second-order valence-electron chi connectivity index (χ2n) is 5.92. The van der Waals surface area contributed by atoms with Gasteiger partial charge in [0, 0.05) is 42.1 Å². The van der Waals surface area contributed by atoms with Gasteiger partial charge in [-0.2, -0.15) is 0 Å². The highest BCUT2D eigenvalue weighted by Crippen LogP contribution is 2.38. The number of aromatic nitrogens is 2. The number of carbonyl (C=O) groups excluding carboxylic acids is 1. The summed E-state index contributed by atoms with van der Waals surface area (Å²) in [5.74, 6) is 0. The first-order chi connectivity index (χ1) is 11.2. The highest BCUT2D eigenvalue weighted by Gasteiger charge is 2.36. The SMILES string of the molecule is COC(=O)N1CCc2c([nH]c3ccccc23)C1c1cccn1C. The van der Waals surface area contributed by atoms with E-state index in [0.717, 1.165) is 23.3 Å². The van der Waals surface area contributed by atoms with Crippen LogP contribution in [0.15, 0.2) is 42.6 Å². The van der Waals surface area contributed by atoms with Gasteiger partial charge in [0.2, 0.25) is 0 Å². The number of carbonyl (C=O) groups is 1. The molecule has 23 heavy (non-hydrogen) atoms. The summed E-state index contributed by atoms with van der Waals surface area (Å²) in [6.45, 7) is 0.650. The fraction of sp³-hybridized carbons (Fsp3) is 0.278. The molecule has 4 rings (SSSR count). The molecule has 118 valence electrons. The number of nitrogens with zero attached hydrogens (tertiary/aromatic N) is 2. The van der Waals surface area contributed by atoms with Crippen LogP contribution in [0.2, 0.25) is 0 Å². The van der Waals surface area contributed by atoms with E-state index < -0.39 is 0 Å². The van der Waals surface area contributed by atoms with Crippen molar-refractivity contribution in [1.29, 1.82) is 0 Å². The zero-order valence-corrected chi connectivity index (χ0v) is 13.2. The van der Waals surface area contributed by atoms with E-state index in [9.17, 15) is 4.79 Å². The average Bonchev–Trinajstić information content (AvgIpc) is 3.16. The minimum atomic E-state index is -0.291. The molecule has 1 N–H and O–H groups in total. The minimum absolute atomic E-state index is 0.154. The third-order valence-corrected chi connectivity index (χ3v) is 4.71. The van der Waals surface area contributed by atoms with Gasteiger partial charge in [0.25, 0.3) is 0 Å². The Morgan fingerprint density at radius 2 is 2.09 bits per heavy atom. The maximum atomic E-state index is 12.3. The number of aromatic amines is 1. The number of benzene rings is 1. The number of amides is 1. The molecule has 0 saturated heterocycles. The molecule has 0 aliphatic carbocycles. The van der Waals surface area contributed by atoms with Crippen LogP contribution in [0.5, 0.6) is 0 Å². The summed E-state index contributed by atoms with van der Waals surface area (Å²) in [6, 6.07) is 12.2. The number of fused-ring (bicyclic) bond motifs is 3. The maximum absolute atomic E-state index is 12.3. The van der Waals surface area contributed by atoms with E-state index >= 15 is 0 Å². The number of ether oxygens (including phenoxy) is 1. The van der Waals surface area contributed by atoms with E-state index in [2.05, 4.69) is 33.8 Å². The lowest BCUT2D eigenvalue weighted by atomic mass is 9.95. The van der Waals surface area contributed by atoms with Gasteiger partial charge in [0.1, 0.15) is 6.04 Å². The van der Waals surface area contributed by atoms with E-state index in [-0.39, 0.29) is 12.1 Å². The molecule has 1 atom stereocenters. The van der Waals surface area contributed by atoms with Gasteiger partial charge in [-0.05, 0) is 30.2 Å². The Balaban J connectivity index is 1.94. The summed E-state index contributed by atoms with van der Waals surface area (Å²) < 4.78 is 7.07. The van der Waals surface area contributed by atoms with Gasteiger partial charge in [-0.25, -0.2) is 4.79 Å². The quantitative estimate of drug-likeness (QED) is 0.750. The lowest BCUT2D eigenvalue weighted by Crippen LogP contribution is -2.41. The number of para-hydroxylation sites is 1. The monoisotopic (exact) mass is 309 g/mol. The van der Waals surface area contributed by atoms with E-state index in [0.29, 0.717) is 6.54 Å². The van der Waals surface area contributed by atoms with Gasteiger partial charge < -0.3 is 14.3 Å². The number of hydrogen-bond acceptors (Lipinski definition) is 2. The lowest BCUT2D eigenvalue weighted by molar-refractivity contribution is 0.107. The van der Waals surface area contributed by atoms with Crippen molar-refractivity contribution in [3.8, 4) is 0 Å². The Bertz CT molecular complexity index is 877. The van der Waals surface area contributed by atoms with E-state index in [1.165, 1.54) is 18.1 Å². The van der Waals surface area contributed by atoms with Gasteiger partial charge in [0.15, 0.2) is 0 Å². The van der Waals surface area contributed by atoms with Crippen LogP contribution in [0.1, 0.15) is 23.0 Å². The summed E-state index contributed by atoms with van der Waals surface area (Å²) in [6.07, 6.45) is 2.54. The predicted octanol–water partition coefficient (Wildman–Crippen LogP) is 3.22. The maximum Gasteiger partial charge on any atom is 0.410 e. The van der Waals surface area contributed by atoms with Gasteiger partial charge in [-0.3, -0.25) is 4.90 Å². The smallest absolute Gasteiger partial charge is 0.410 e. The van der Waals surface area contributed by atoms with Crippen LogP contribution in [0.3, 0.4) is 0 Å². The van der Waals surface area contributed by atoms with E-state index in [4.69, 9.17) is 4.74 Å².